The monoisotopic (exact) mass is 266 g/mol. The first-order valence-corrected chi connectivity index (χ1v) is 6.28. The van der Waals surface area contributed by atoms with Crippen LogP contribution in [-0.2, 0) is 4.79 Å². The largest absolute Gasteiger partial charge is 0.347 e. The normalized spacial score (nSPS) is 14.0. The summed E-state index contributed by atoms with van der Waals surface area (Å²) in [7, 11) is 3.41. The molecule has 0 aliphatic rings. The molecule has 0 fully saturated rings. The number of aromatic amines is 1. The number of H-pyrrole nitrogens is 1. The predicted molar refractivity (Wildman–Crippen MR) is 74.0 cm³/mol. The second-order valence-electron chi connectivity index (χ2n) is 4.99. The van der Waals surface area contributed by atoms with E-state index in [-0.39, 0.29) is 23.6 Å². The van der Waals surface area contributed by atoms with Gasteiger partial charge in [-0.05, 0) is 27.7 Å². The molecular formula is C13H22N4O2. The molecule has 1 aromatic rings. The highest BCUT2D eigenvalue weighted by atomic mass is 16.2. The molecule has 1 heterocycles. The third-order valence-corrected chi connectivity index (χ3v) is 3.01. The van der Waals surface area contributed by atoms with E-state index < -0.39 is 0 Å². The second kappa shape index (κ2) is 5.97. The molecule has 2 atom stereocenters. The van der Waals surface area contributed by atoms with Gasteiger partial charge in [0.25, 0.3) is 5.56 Å². The summed E-state index contributed by atoms with van der Waals surface area (Å²) in [5.74, 6) is 0.567. The standard InChI is InChI=1S/C13H22N4O2/c1-7(14-9(3)13(19)17(5)6)11-8(2)15-10(4)16-12(11)18/h7,9,14H,1-6H3,(H,15,16,18). The summed E-state index contributed by atoms with van der Waals surface area (Å²) in [6.07, 6.45) is 0. The van der Waals surface area contributed by atoms with E-state index in [1.54, 1.807) is 34.9 Å². The van der Waals surface area contributed by atoms with E-state index in [0.29, 0.717) is 17.1 Å². The Balaban J connectivity index is 2.93. The minimum atomic E-state index is -0.356. The lowest BCUT2D eigenvalue weighted by molar-refractivity contribution is -0.130. The molecule has 2 unspecified atom stereocenters. The zero-order valence-corrected chi connectivity index (χ0v) is 12.4. The zero-order valence-electron chi connectivity index (χ0n) is 12.4. The third kappa shape index (κ3) is 3.64. The highest BCUT2D eigenvalue weighted by Gasteiger charge is 2.21. The van der Waals surface area contributed by atoms with E-state index in [4.69, 9.17) is 0 Å². The number of nitrogens with one attached hydrogen (secondary N) is 2. The number of aromatic nitrogens is 2. The molecule has 6 heteroatoms. The highest BCUT2D eigenvalue weighted by Crippen LogP contribution is 2.11. The second-order valence-corrected chi connectivity index (χ2v) is 4.99. The number of nitrogens with zero attached hydrogens (tertiary/aromatic N) is 2. The van der Waals surface area contributed by atoms with Crippen molar-refractivity contribution in [3.05, 3.63) is 27.4 Å². The van der Waals surface area contributed by atoms with Gasteiger partial charge in [-0.25, -0.2) is 4.98 Å². The Labute approximate surface area is 113 Å². The van der Waals surface area contributed by atoms with Crippen LogP contribution in [0, 0.1) is 13.8 Å². The molecule has 0 aromatic carbocycles. The molecule has 1 aromatic heterocycles. The van der Waals surface area contributed by atoms with Crippen molar-refractivity contribution in [1.29, 1.82) is 0 Å². The molecule has 0 saturated heterocycles. The highest BCUT2D eigenvalue weighted by molar-refractivity contribution is 5.80. The Morgan fingerprint density at radius 2 is 1.89 bits per heavy atom. The van der Waals surface area contributed by atoms with Crippen molar-refractivity contribution in [2.45, 2.75) is 39.8 Å². The van der Waals surface area contributed by atoms with Gasteiger partial charge in [-0.3, -0.25) is 14.9 Å². The van der Waals surface area contributed by atoms with Gasteiger partial charge in [-0.1, -0.05) is 0 Å². The maximum Gasteiger partial charge on any atom is 0.255 e. The minimum absolute atomic E-state index is 0.0268. The summed E-state index contributed by atoms with van der Waals surface area (Å²) >= 11 is 0. The summed E-state index contributed by atoms with van der Waals surface area (Å²) < 4.78 is 0. The fourth-order valence-corrected chi connectivity index (χ4v) is 2.16. The molecule has 0 bridgehead atoms. The summed E-state index contributed by atoms with van der Waals surface area (Å²) in [6, 6.07) is -0.596. The number of hydrogen-bond acceptors (Lipinski definition) is 4. The van der Waals surface area contributed by atoms with Crippen LogP contribution in [0.25, 0.3) is 0 Å². The lowest BCUT2D eigenvalue weighted by Crippen LogP contribution is -2.43. The van der Waals surface area contributed by atoms with E-state index >= 15 is 0 Å². The van der Waals surface area contributed by atoms with Crippen LogP contribution in [0.2, 0.25) is 0 Å². The van der Waals surface area contributed by atoms with Gasteiger partial charge < -0.3 is 9.88 Å². The average molecular weight is 266 g/mol. The average Bonchev–Trinajstić information content (AvgIpc) is 2.25. The third-order valence-electron chi connectivity index (χ3n) is 3.01. The summed E-state index contributed by atoms with van der Waals surface area (Å²) in [4.78, 5) is 32.2. The van der Waals surface area contributed by atoms with Crippen LogP contribution in [-0.4, -0.2) is 40.9 Å². The van der Waals surface area contributed by atoms with Crippen LogP contribution in [0.4, 0.5) is 0 Å². The van der Waals surface area contributed by atoms with Gasteiger partial charge in [0, 0.05) is 25.8 Å². The van der Waals surface area contributed by atoms with E-state index in [2.05, 4.69) is 15.3 Å². The van der Waals surface area contributed by atoms with E-state index in [1.807, 2.05) is 6.92 Å². The van der Waals surface area contributed by atoms with Gasteiger partial charge in [0.05, 0.1) is 11.6 Å². The van der Waals surface area contributed by atoms with Crippen LogP contribution in [0.1, 0.15) is 37.0 Å². The van der Waals surface area contributed by atoms with E-state index in [1.165, 1.54) is 4.90 Å². The lowest BCUT2D eigenvalue weighted by atomic mass is 10.1. The Morgan fingerprint density at radius 3 is 2.37 bits per heavy atom. The minimum Gasteiger partial charge on any atom is -0.347 e. The SMILES string of the molecule is Cc1nc(C)c(C(C)NC(C)C(=O)N(C)C)c(=O)[nH]1. The van der Waals surface area contributed by atoms with Crippen LogP contribution in [0.15, 0.2) is 4.79 Å². The summed E-state index contributed by atoms with van der Waals surface area (Å²) in [6.45, 7) is 7.18. The fourth-order valence-electron chi connectivity index (χ4n) is 2.16. The van der Waals surface area contributed by atoms with Crippen LogP contribution in [0.5, 0.6) is 0 Å². The maximum absolute atomic E-state index is 12.0. The van der Waals surface area contributed by atoms with Crippen molar-refractivity contribution in [2.24, 2.45) is 0 Å². The molecule has 1 rings (SSSR count). The van der Waals surface area contributed by atoms with Gasteiger partial charge in [-0.15, -0.1) is 0 Å². The molecule has 0 saturated carbocycles. The predicted octanol–water partition coefficient (Wildman–Crippen LogP) is 0.514. The van der Waals surface area contributed by atoms with Crippen LogP contribution < -0.4 is 10.9 Å². The number of aryl methyl sites for hydroxylation is 2. The Bertz CT molecular complexity index is 522. The van der Waals surface area contributed by atoms with Crippen molar-refractivity contribution in [3.63, 3.8) is 0 Å². The Morgan fingerprint density at radius 1 is 1.32 bits per heavy atom. The van der Waals surface area contributed by atoms with Gasteiger partial charge in [0.1, 0.15) is 5.82 Å². The number of rotatable bonds is 4. The first-order valence-electron chi connectivity index (χ1n) is 6.28. The smallest absolute Gasteiger partial charge is 0.255 e. The quantitative estimate of drug-likeness (QED) is 0.832. The lowest BCUT2D eigenvalue weighted by Gasteiger charge is -2.22. The fraction of sp³-hybridized carbons (Fsp3) is 0.615. The zero-order chi connectivity index (χ0) is 14.7. The Kier molecular flexibility index (Phi) is 4.83. The summed E-state index contributed by atoms with van der Waals surface area (Å²) in [5, 5.41) is 3.13. The topological polar surface area (TPSA) is 78.1 Å². The number of carbonyl (C=O) groups is 1. The molecule has 1 amide bonds. The molecule has 0 aliphatic carbocycles. The van der Waals surface area contributed by atoms with Gasteiger partial charge in [0.15, 0.2) is 0 Å². The number of carbonyl (C=O) groups excluding carboxylic acids is 1. The number of amides is 1. The summed E-state index contributed by atoms with van der Waals surface area (Å²) in [5.41, 5.74) is 1.10. The van der Waals surface area contributed by atoms with Crippen molar-refractivity contribution < 1.29 is 4.79 Å². The van der Waals surface area contributed by atoms with Gasteiger partial charge in [-0.2, -0.15) is 0 Å². The van der Waals surface area contributed by atoms with E-state index in [9.17, 15) is 9.59 Å². The van der Waals surface area contributed by atoms with Crippen LogP contribution >= 0.6 is 0 Å². The number of hydrogen-bond donors (Lipinski definition) is 2. The molecule has 106 valence electrons. The molecule has 0 aliphatic heterocycles. The molecule has 6 nitrogen and oxygen atoms in total. The molecule has 0 spiro atoms. The van der Waals surface area contributed by atoms with Crippen molar-refractivity contribution >= 4 is 5.91 Å². The van der Waals surface area contributed by atoms with Gasteiger partial charge in [0.2, 0.25) is 5.91 Å². The van der Waals surface area contributed by atoms with Crippen molar-refractivity contribution in [3.8, 4) is 0 Å². The first-order chi connectivity index (χ1) is 8.73. The molecule has 0 radical (unpaired) electrons. The number of likely N-dealkylation sites (N-methyl/N-ethyl adjacent to an activating group) is 1. The molecule has 19 heavy (non-hydrogen) atoms. The first kappa shape index (κ1) is 15.4. The van der Waals surface area contributed by atoms with Crippen molar-refractivity contribution in [1.82, 2.24) is 20.2 Å². The Hall–Kier alpha value is -1.69. The molecule has 2 N–H and O–H groups in total. The molecular weight excluding hydrogens is 244 g/mol. The van der Waals surface area contributed by atoms with Crippen molar-refractivity contribution in [2.75, 3.05) is 14.1 Å². The van der Waals surface area contributed by atoms with Gasteiger partial charge >= 0.3 is 0 Å². The van der Waals surface area contributed by atoms with E-state index in [0.717, 1.165) is 0 Å². The maximum atomic E-state index is 12.0. The van der Waals surface area contributed by atoms with Crippen LogP contribution in [0.3, 0.4) is 0 Å².